The van der Waals surface area contributed by atoms with Gasteiger partial charge in [-0.15, -0.1) is 0 Å². The molecule has 3 atom stereocenters. The maximum Gasteiger partial charge on any atom is 0.337 e. The molecule has 0 saturated heterocycles. The summed E-state index contributed by atoms with van der Waals surface area (Å²) in [7, 11) is -3.70. The van der Waals surface area contributed by atoms with Crippen molar-refractivity contribution in [1.82, 2.24) is 9.71 Å². The number of sulfonamides is 1. The molecule has 3 unspecified atom stereocenters. The number of nitrogens with one attached hydrogen (secondary N) is 1. The molecule has 0 radical (unpaired) electrons. The number of hydrogen-bond donors (Lipinski definition) is 2. The molecule has 0 amide bonds. The van der Waals surface area contributed by atoms with Gasteiger partial charge in [-0.3, -0.25) is 0 Å². The number of carbonyl (C=O) groups is 1. The summed E-state index contributed by atoms with van der Waals surface area (Å²) >= 11 is 0. The lowest BCUT2D eigenvalue weighted by molar-refractivity contribution is 0.0696. The summed E-state index contributed by atoms with van der Waals surface area (Å²) in [5, 5.41) is 8.65. The summed E-state index contributed by atoms with van der Waals surface area (Å²) in [6, 6.07) is 2.39. The standard InChI is InChI=1S/C14H20N2O4S/c1-9-3-5-12(7-10(9)2)16-21(19,20)13-6-4-11(8-15-13)14(17)18/h4,6,8-10,12,16H,3,5,7H2,1-2H3,(H,17,18). The third-order valence-electron chi connectivity index (χ3n) is 4.18. The molecule has 1 aromatic rings. The van der Waals surface area contributed by atoms with Crippen LogP contribution in [-0.2, 0) is 10.0 Å². The topological polar surface area (TPSA) is 96.4 Å². The number of nitrogens with zero attached hydrogens (tertiary/aromatic N) is 1. The quantitative estimate of drug-likeness (QED) is 0.885. The van der Waals surface area contributed by atoms with Crippen molar-refractivity contribution in [2.45, 2.75) is 44.2 Å². The van der Waals surface area contributed by atoms with Crippen LogP contribution in [0.4, 0.5) is 0 Å². The first kappa shape index (κ1) is 15.9. The van der Waals surface area contributed by atoms with Gasteiger partial charge in [0, 0.05) is 12.2 Å². The van der Waals surface area contributed by atoms with Crippen LogP contribution in [0.5, 0.6) is 0 Å². The van der Waals surface area contributed by atoms with E-state index in [-0.39, 0.29) is 16.6 Å². The van der Waals surface area contributed by atoms with Crippen molar-refractivity contribution >= 4 is 16.0 Å². The molecule has 0 aromatic carbocycles. The highest BCUT2D eigenvalue weighted by atomic mass is 32.2. The van der Waals surface area contributed by atoms with Crippen molar-refractivity contribution in [2.75, 3.05) is 0 Å². The zero-order valence-corrected chi connectivity index (χ0v) is 12.9. The molecule has 6 nitrogen and oxygen atoms in total. The summed E-state index contributed by atoms with van der Waals surface area (Å²) in [5.41, 5.74) is -0.0333. The van der Waals surface area contributed by atoms with Crippen LogP contribution >= 0.6 is 0 Å². The van der Waals surface area contributed by atoms with Gasteiger partial charge in [-0.05, 0) is 43.2 Å². The first-order valence-corrected chi connectivity index (χ1v) is 8.49. The van der Waals surface area contributed by atoms with Gasteiger partial charge in [-0.25, -0.2) is 22.9 Å². The van der Waals surface area contributed by atoms with Gasteiger partial charge in [0.25, 0.3) is 10.0 Å². The maximum absolute atomic E-state index is 12.2. The molecule has 1 aliphatic carbocycles. The van der Waals surface area contributed by atoms with Gasteiger partial charge < -0.3 is 5.11 Å². The van der Waals surface area contributed by atoms with E-state index in [4.69, 9.17) is 5.11 Å². The van der Waals surface area contributed by atoms with E-state index in [9.17, 15) is 13.2 Å². The number of aromatic carboxylic acids is 1. The Balaban J connectivity index is 2.09. The van der Waals surface area contributed by atoms with Crippen LogP contribution in [0.3, 0.4) is 0 Å². The predicted octanol–water partition coefficient (Wildman–Crippen LogP) is 1.88. The molecule has 1 aliphatic rings. The summed E-state index contributed by atoms with van der Waals surface area (Å²) in [5.74, 6) is -0.0398. The Morgan fingerprint density at radius 2 is 2.00 bits per heavy atom. The molecule has 1 fully saturated rings. The average Bonchev–Trinajstić information content (AvgIpc) is 2.43. The SMILES string of the molecule is CC1CCC(NS(=O)(=O)c2ccc(C(=O)O)cn2)CC1C. The van der Waals surface area contributed by atoms with Gasteiger partial charge in [-0.1, -0.05) is 13.8 Å². The smallest absolute Gasteiger partial charge is 0.337 e. The number of pyridine rings is 1. The fraction of sp³-hybridized carbons (Fsp3) is 0.571. The third kappa shape index (κ3) is 3.79. The lowest BCUT2D eigenvalue weighted by Crippen LogP contribution is -2.40. The zero-order valence-electron chi connectivity index (χ0n) is 12.1. The Morgan fingerprint density at radius 3 is 2.52 bits per heavy atom. The number of aromatic nitrogens is 1. The van der Waals surface area contributed by atoms with Crippen LogP contribution in [0, 0.1) is 11.8 Å². The Bertz CT molecular complexity index is 612. The van der Waals surface area contributed by atoms with E-state index < -0.39 is 16.0 Å². The van der Waals surface area contributed by atoms with E-state index in [0.717, 1.165) is 25.5 Å². The van der Waals surface area contributed by atoms with E-state index in [1.165, 1.54) is 12.1 Å². The predicted molar refractivity (Wildman–Crippen MR) is 77.5 cm³/mol. The molecule has 0 aliphatic heterocycles. The first-order valence-electron chi connectivity index (χ1n) is 7.01. The van der Waals surface area contributed by atoms with E-state index in [1.807, 2.05) is 0 Å². The molecular formula is C14H20N2O4S. The second-order valence-corrected chi connectivity index (χ2v) is 7.44. The van der Waals surface area contributed by atoms with Crippen LogP contribution in [0.1, 0.15) is 43.5 Å². The molecule has 1 heterocycles. The van der Waals surface area contributed by atoms with Gasteiger partial charge in [0.15, 0.2) is 5.03 Å². The molecule has 1 saturated carbocycles. The highest BCUT2D eigenvalue weighted by molar-refractivity contribution is 7.89. The van der Waals surface area contributed by atoms with E-state index in [0.29, 0.717) is 11.8 Å². The van der Waals surface area contributed by atoms with Gasteiger partial charge in [0.1, 0.15) is 0 Å². The third-order valence-corrected chi connectivity index (χ3v) is 5.61. The minimum atomic E-state index is -3.70. The minimum Gasteiger partial charge on any atom is -0.478 e. The molecule has 0 bridgehead atoms. The lowest BCUT2D eigenvalue weighted by atomic mass is 9.79. The largest absolute Gasteiger partial charge is 0.478 e. The zero-order chi connectivity index (χ0) is 15.6. The normalized spacial score (nSPS) is 26.5. The Hall–Kier alpha value is -1.47. The summed E-state index contributed by atoms with van der Waals surface area (Å²) in [6.07, 6.45) is 3.69. The van der Waals surface area contributed by atoms with E-state index >= 15 is 0 Å². The van der Waals surface area contributed by atoms with Crippen LogP contribution in [0.15, 0.2) is 23.4 Å². The van der Waals surface area contributed by atoms with Gasteiger partial charge in [0.2, 0.25) is 0 Å². The molecule has 116 valence electrons. The van der Waals surface area contributed by atoms with Gasteiger partial charge in [0.05, 0.1) is 5.56 Å². The second-order valence-electron chi connectivity index (χ2n) is 5.78. The fourth-order valence-electron chi connectivity index (χ4n) is 2.60. The van der Waals surface area contributed by atoms with Crippen LogP contribution in [0.25, 0.3) is 0 Å². The highest BCUT2D eigenvalue weighted by Gasteiger charge is 2.28. The van der Waals surface area contributed by atoms with Crippen LogP contribution < -0.4 is 4.72 Å². The summed E-state index contributed by atoms with van der Waals surface area (Å²) in [4.78, 5) is 14.5. The van der Waals surface area contributed by atoms with Crippen molar-refractivity contribution in [3.63, 3.8) is 0 Å². The molecule has 0 spiro atoms. The summed E-state index contributed by atoms with van der Waals surface area (Å²) in [6.45, 7) is 4.31. The van der Waals surface area contributed by atoms with Crippen molar-refractivity contribution < 1.29 is 18.3 Å². The molecule has 2 N–H and O–H groups in total. The van der Waals surface area contributed by atoms with Crippen molar-refractivity contribution in [3.05, 3.63) is 23.9 Å². The number of carboxylic acids is 1. The summed E-state index contributed by atoms with van der Waals surface area (Å²) < 4.78 is 27.2. The fourth-order valence-corrected chi connectivity index (χ4v) is 3.81. The maximum atomic E-state index is 12.2. The van der Waals surface area contributed by atoms with Crippen molar-refractivity contribution in [2.24, 2.45) is 11.8 Å². The first-order chi connectivity index (χ1) is 9.79. The highest BCUT2D eigenvalue weighted by Crippen LogP contribution is 2.29. The van der Waals surface area contributed by atoms with E-state index in [1.54, 1.807) is 0 Å². The molecular weight excluding hydrogens is 292 g/mol. The van der Waals surface area contributed by atoms with Crippen molar-refractivity contribution in [3.8, 4) is 0 Å². The number of carboxylic acid groups (broad SMARTS) is 1. The van der Waals surface area contributed by atoms with Gasteiger partial charge in [-0.2, -0.15) is 0 Å². The monoisotopic (exact) mass is 312 g/mol. The van der Waals surface area contributed by atoms with Crippen LogP contribution in [0.2, 0.25) is 0 Å². The molecule has 7 heteroatoms. The average molecular weight is 312 g/mol. The Kier molecular flexibility index (Phi) is 4.63. The lowest BCUT2D eigenvalue weighted by Gasteiger charge is -2.32. The molecule has 21 heavy (non-hydrogen) atoms. The van der Waals surface area contributed by atoms with E-state index in [2.05, 4.69) is 23.6 Å². The molecule has 1 aromatic heterocycles. The molecule has 2 rings (SSSR count). The Labute approximate surface area is 124 Å². The van der Waals surface area contributed by atoms with Gasteiger partial charge >= 0.3 is 5.97 Å². The van der Waals surface area contributed by atoms with Crippen molar-refractivity contribution in [1.29, 1.82) is 0 Å². The number of hydrogen-bond acceptors (Lipinski definition) is 4. The van der Waals surface area contributed by atoms with Crippen LogP contribution in [-0.4, -0.2) is 30.5 Å². The Morgan fingerprint density at radius 1 is 1.29 bits per heavy atom. The minimum absolute atomic E-state index is 0.0333. The second kappa shape index (κ2) is 6.11. The number of rotatable bonds is 4.